The van der Waals surface area contributed by atoms with E-state index in [0.29, 0.717) is 12.5 Å². The number of aromatic nitrogens is 2. The lowest BCUT2D eigenvalue weighted by atomic mass is 10.1. The Bertz CT molecular complexity index is 1510. The Labute approximate surface area is 300 Å². The molecule has 0 aliphatic carbocycles. The molecule has 0 atom stereocenters. The van der Waals surface area contributed by atoms with E-state index in [1.807, 2.05) is 22.8 Å². The van der Waals surface area contributed by atoms with E-state index >= 15 is 0 Å². The van der Waals surface area contributed by atoms with Crippen LogP contribution in [-0.4, -0.2) is 16.2 Å². The Hall–Kier alpha value is -1.96. The molecule has 0 aromatic carbocycles. The first-order chi connectivity index (χ1) is 23.1. The number of pyridine rings is 2. The van der Waals surface area contributed by atoms with Crippen LogP contribution in [0.3, 0.4) is 0 Å². The van der Waals surface area contributed by atoms with Crippen molar-refractivity contribution in [1.29, 1.82) is 0 Å². The zero-order valence-electron chi connectivity index (χ0n) is 29.0. The zero-order valence-corrected chi connectivity index (χ0v) is 32.2. The van der Waals surface area contributed by atoms with Crippen molar-refractivity contribution < 1.29 is 4.74 Å². The number of hydrogen-bond acceptors (Lipinski definition) is 5. The van der Waals surface area contributed by atoms with Gasteiger partial charge in [-0.05, 0) is 65.2 Å². The molecule has 4 nitrogen and oxygen atoms in total. The van der Waals surface area contributed by atoms with E-state index in [1.165, 1.54) is 119 Å². The first-order valence-electron chi connectivity index (χ1n) is 18.6. The molecule has 0 saturated carbocycles. The van der Waals surface area contributed by atoms with Crippen molar-refractivity contribution in [2.45, 2.75) is 149 Å². The highest BCUT2D eigenvalue weighted by Gasteiger charge is 2.16. The second-order valence-corrected chi connectivity index (χ2v) is 16.6. The first-order valence-corrected chi connectivity index (χ1v) is 21.1. The molecule has 0 amide bonds. The second-order valence-electron chi connectivity index (χ2n) is 13.0. The predicted molar refractivity (Wildman–Crippen MR) is 210 cm³/mol. The third-order valence-electron chi connectivity index (χ3n) is 9.09. The van der Waals surface area contributed by atoms with Gasteiger partial charge in [0, 0.05) is 27.2 Å². The molecule has 0 aliphatic heterocycles. The highest BCUT2D eigenvalue weighted by Crippen LogP contribution is 2.38. The molecule has 0 N–H and O–H groups in total. The average molecular weight is 742 g/mol. The molecule has 4 aromatic rings. The molecular formula is C40H57BrN2O2S2. The van der Waals surface area contributed by atoms with E-state index in [0.717, 1.165) is 51.1 Å². The molecule has 0 aliphatic rings. The van der Waals surface area contributed by atoms with Gasteiger partial charge in [-0.1, -0.05) is 129 Å². The van der Waals surface area contributed by atoms with Crippen LogP contribution in [0.2, 0.25) is 0 Å². The van der Waals surface area contributed by atoms with Crippen molar-refractivity contribution >= 4 is 49.6 Å². The Kier molecular flexibility index (Phi) is 17.6. The van der Waals surface area contributed by atoms with Gasteiger partial charge in [0.05, 0.1) is 27.0 Å². The fraction of sp³-hybridized carbons (Fsp3) is 0.600. The van der Waals surface area contributed by atoms with Crippen LogP contribution in [-0.2, 0) is 6.54 Å². The average Bonchev–Trinajstić information content (AvgIpc) is 3.74. The lowest BCUT2D eigenvalue weighted by Gasteiger charge is -2.13. The van der Waals surface area contributed by atoms with Gasteiger partial charge in [-0.15, -0.1) is 22.7 Å². The largest absolute Gasteiger partial charge is 0.478 e. The Morgan fingerprint density at radius 1 is 0.638 bits per heavy atom. The number of halogens is 1. The van der Waals surface area contributed by atoms with E-state index < -0.39 is 0 Å². The molecule has 7 heteroatoms. The number of nitrogens with zero attached hydrogens (tertiary/aromatic N) is 2. The summed E-state index contributed by atoms with van der Waals surface area (Å²) in [7, 11) is 0. The minimum atomic E-state index is 0.0787. The topological polar surface area (TPSA) is 44.1 Å². The molecule has 0 unspecified atom stereocenters. The highest BCUT2D eigenvalue weighted by molar-refractivity contribution is 9.11. The van der Waals surface area contributed by atoms with Crippen LogP contribution < -0.4 is 10.3 Å². The second kappa shape index (κ2) is 21.9. The normalized spacial score (nSPS) is 11.6. The van der Waals surface area contributed by atoms with Crippen LogP contribution in [0.1, 0.15) is 142 Å². The summed E-state index contributed by atoms with van der Waals surface area (Å²) in [5.41, 5.74) is 2.55. The predicted octanol–water partition coefficient (Wildman–Crippen LogP) is 13.8. The molecule has 0 spiro atoms. The Morgan fingerprint density at radius 2 is 1.17 bits per heavy atom. The van der Waals surface area contributed by atoms with E-state index in [1.54, 1.807) is 22.7 Å². The van der Waals surface area contributed by atoms with E-state index in [-0.39, 0.29) is 5.56 Å². The van der Waals surface area contributed by atoms with Crippen molar-refractivity contribution in [3.8, 4) is 26.1 Å². The third kappa shape index (κ3) is 12.8. The Balaban J connectivity index is 1.38. The van der Waals surface area contributed by atoms with Gasteiger partial charge in [0.15, 0.2) is 0 Å². The maximum atomic E-state index is 14.0. The summed E-state index contributed by atoms with van der Waals surface area (Å²) in [5, 5.41) is 0. The molecular weight excluding hydrogens is 684 g/mol. The maximum absolute atomic E-state index is 14.0. The number of rotatable bonds is 25. The van der Waals surface area contributed by atoms with Gasteiger partial charge in [-0.25, -0.2) is 4.98 Å². The van der Waals surface area contributed by atoms with E-state index in [4.69, 9.17) is 9.72 Å². The molecule has 0 bridgehead atoms. The van der Waals surface area contributed by atoms with E-state index in [2.05, 4.69) is 54.0 Å². The summed E-state index contributed by atoms with van der Waals surface area (Å²) in [6.07, 6.45) is 25.8. The van der Waals surface area contributed by atoms with Gasteiger partial charge >= 0.3 is 0 Å². The SMILES string of the molecule is CCCCCCCCCCCCOc1ccc2c(cc(-c3ccc(-c4ccc(Br)s4)s3)c(=O)n2CCCCCCCCCCCC)n1. The van der Waals surface area contributed by atoms with Crippen LogP contribution in [0.25, 0.3) is 31.2 Å². The third-order valence-corrected chi connectivity index (χ3v) is 12.0. The lowest BCUT2D eigenvalue weighted by Crippen LogP contribution is -2.22. The smallest absolute Gasteiger partial charge is 0.259 e. The quantitative estimate of drug-likeness (QED) is 0.0635. The van der Waals surface area contributed by atoms with Gasteiger partial charge in [0.1, 0.15) is 0 Å². The minimum Gasteiger partial charge on any atom is -0.478 e. The van der Waals surface area contributed by atoms with Crippen molar-refractivity contribution in [1.82, 2.24) is 9.55 Å². The first kappa shape index (κ1) is 37.9. The minimum absolute atomic E-state index is 0.0787. The van der Waals surface area contributed by atoms with Gasteiger partial charge in [0.2, 0.25) is 5.88 Å². The Morgan fingerprint density at radius 3 is 1.77 bits per heavy atom. The van der Waals surface area contributed by atoms with E-state index in [9.17, 15) is 4.79 Å². The van der Waals surface area contributed by atoms with Crippen molar-refractivity contribution in [2.24, 2.45) is 0 Å². The summed E-state index contributed by atoms with van der Waals surface area (Å²) in [5.74, 6) is 0.652. The highest BCUT2D eigenvalue weighted by atomic mass is 79.9. The molecule has 4 rings (SSSR count). The zero-order chi connectivity index (χ0) is 33.1. The number of aryl methyl sites for hydroxylation is 1. The number of hydrogen-bond donors (Lipinski definition) is 0. The molecule has 4 heterocycles. The number of fused-ring (bicyclic) bond motifs is 1. The fourth-order valence-electron chi connectivity index (χ4n) is 6.30. The molecule has 0 radical (unpaired) electrons. The fourth-order valence-corrected chi connectivity index (χ4v) is 8.79. The molecule has 0 fully saturated rings. The van der Waals surface area contributed by atoms with Crippen LogP contribution in [0.5, 0.6) is 5.88 Å². The van der Waals surface area contributed by atoms with Gasteiger partial charge in [-0.2, -0.15) is 0 Å². The maximum Gasteiger partial charge on any atom is 0.259 e. The van der Waals surface area contributed by atoms with Crippen LogP contribution >= 0.6 is 38.6 Å². The number of thiophene rings is 2. The van der Waals surface area contributed by atoms with Gasteiger partial charge < -0.3 is 9.30 Å². The van der Waals surface area contributed by atoms with Crippen molar-refractivity contribution in [3.63, 3.8) is 0 Å². The molecule has 47 heavy (non-hydrogen) atoms. The summed E-state index contributed by atoms with van der Waals surface area (Å²) in [4.78, 5) is 22.3. The lowest BCUT2D eigenvalue weighted by molar-refractivity contribution is 0.294. The molecule has 0 saturated heterocycles. The summed E-state index contributed by atoms with van der Waals surface area (Å²) >= 11 is 6.98. The molecule has 4 aromatic heterocycles. The van der Waals surface area contributed by atoms with Crippen molar-refractivity contribution in [3.05, 3.63) is 56.6 Å². The summed E-state index contributed by atoms with van der Waals surface area (Å²) in [6.45, 7) is 5.95. The van der Waals surface area contributed by atoms with Crippen molar-refractivity contribution in [2.75, 3.05) is 6.61 Å². The van der Waals surface area contributed by atoms with Crippen LogP contribution in [0, 0.1) is 0 Å². The summed E-state index contributed by atoms with van der Waals surface area (Å²) < 4.78 is 9.21. The number of ether oxygens (including phenoxy) is 1. The van der Waals surface area contributed by atoms with Gasteiger partial charge in [0.25, 0.3) is 5.56 Å². The van der Waals surface area contributed by atoms with Gasteiger partial charge in [-0.3, -0.25) is 4.79 Å². The monoisotopic (exact) mass is 740 g/mol. The summed E-state index contributed by atoms with van der Waals surface area (Å²) in [6, 6.07) is 14.4. The number of unbranched alkanes of at least 4 members (excludes halogenated alkanes) is 18. The molecule has 258 valence electrons. The van der Waals surface area contributed by atoms with Crippen LogP contribution in [0.15, 0.2) is 51.0 Å². The standard InChI is InChI=1S/C40H57BrN2O2S2/c1-3-5-7-9-11-13-15-17-19-21-29-43-34-23-28-39(45-30-22-20-18-16-14-12-10-8-6-4-2)42-33(34)31-32(40(43)44)35-24-25-36(46-35)37-26-27-38(41)47-37/h23-28,31H,3-22,29-30H2,1-2H3. The van der Waals surface area contributed by atoms with Crippen LogP contribution in [0.4, 0.5) is 0 Å².